The summed E-state index contributed by atoms with van der Waals surface area (Å²) in [6.07, 6.45) is 2.30. The molecule has 1 aromatic rings. The van der Waals surface area contributed by atoms with Gasteiger partial charge in [-0.25, -0.2) is 0 Å². The summed E-state index contributed by atoms with van der Waals surface area (Å²) in [6, 6.07) is 8.41. The molecule has 2 nitrogen and oxygen atoms in total. The van der Waals surface area contributed by atoms with Crippen molar-refractivity contribution < 1.29 is 4.74 Å². The van der Waals surface area contributed by atoms with Crippen molar-refractivity contribution >= 4 is 0 Å². The number of ether oxygens (including phenoxy) is 1. The van der Waals surface area contributed by atoms with Gasteiger partial charge < -0.3 is 10.1 Å². The molecule has 0 aromatic heterocycles. The van der Waals surface area contributed by atoms with Crippen molar-refractivity contribution in [3.8, 4) is 5.75 Å². The van der Waals surface area contributed by atoms with Crippen LogP contribution in [0, 0.1) is 0 Å². The molecule has 0 aliphatic rings. The van der Waals surface area contributed by atoms with Gasteiger partial charge in [-0.15, -0.1) is 0 Å². The molecule has 0 radical (unpaired) electrons. The molecule has 1 N–H and O–H groups in total. The van der Waals surface area contributed by atoms with Gasteiger partial charge in [-0.1, -0.05) is 12.1 Å². The second-order valence-corrected chi connectivity index (χ2v) is 5.07. The van der Waals surface area contributed by atoms with Crippen molar-refractivity contribution in [1.29, 1.82) is 0 Å². The van der Waals surface area contributed by atoms with Gasteiger partial charge in [0.1, 0.15) is 11.4 Å². The molecule has 0 heterocycles. The average molecular weight is 221 g/mol. The van der Waals surface area contributed by atoms with E-state index >= 15 is 0 Å². The van der Waals surface area contributed by atoms with E-state index in [2.05, 4.69) is 50.4 Å². The Hall–Kier alpha value is -1.02. The standard InChI is InChI=1S/C14H23NO/c1-14(2,3)16-13-9-7-12(8-10-13)6-5-11-15-4/h7-10,15H,5-6,11H2,1-4H3. The summed E-state index contributed by atoms with van der Waals surface area (Å²) >= 11 is 0. The van der Waals surface area contributed by atoms with Gasteiger partial charge in [-0.2, -0.15) is 0 Å². The maximum Gasteiger partial charge on any atom is 0.120 e. The summed E-state index contributed by atoms with van der Waals surface area (Å²) in [6.45, 7) is 7.26. The average Bonchev–Trinajstić information content (AvgIpc) is 2.19. The van der Waals surface area contributed by atoms with E-state index in [-0.39, 0.29) is 5.60 Å². The number of benzene rings is 1. The summed E-state index contributed by atoms with van der Waals surface area (Å²) in [7, 11) is 1.99. The number of rotatable bonds is 5. The van der Waals surface area contributed by atoms with E-state index in [1.54, 1.807) is 0 Å². The molecule has 0 fully saturated rings. The van der Waals surface area contributed by atoms with Crippen molar-refractivity contribution in [1.82, 2.24) is 5.32 Å². The van der Waals surface area contributed by atoms with Crippen LogP contribution in [-0.2, 0) is 6.42 Å². The molecule has 0 spiro atoms. The zero-order valence-electron chi connectivity index (χ0n) is 10.8. The summed E-state index contributed by atoms with van der Waals surface area (Å²) in [5.41, 5.74) is 1.25. The van der Waals surface area contributed by atoms with E-state index < -0.39 is 0 Å². The number of aryl methyl sites for hydroxylation is 1. The molecule has 0 amide bonds. The maximum atomic E-state index is 5.77. The Labute approximate surface area is 99.0 Å². The van der Waals surface area contributed by atoms with Gasteiger partial charge in [-0.3, -0.25) is 0 Å². The molecule has 1 rings (SSSR count). The van der Waals surface area contributed by atoms with Gasteiger partial charge in [0.25, 0.3) is 0 Å². The van der Waals surface area contributed by atoms with Crippen molar-refractivity contribution in [2.45, 2.75) is 39.2 Å². The summed E-state index contributed by atoms with van der Waals surface area (Å²) in [5.74, 6) is 0.949. The quantitative estimate of drug-likeness (QED) is 0.772. The molecular formula is C14H23NO. The zero-order valence-corrected chi connectivity index (χ0v) is 10.8. The van der Waals surface area contributed by atoms with Gasteiger partial charge in [0, 0.05) is 0 Å². The molecule has 90 valence electrons. The smallest absolute Gasteiger partial charge is 0.120 e. The van der Waals surface area contributed by atoms with Crippen LogP contribution >= 0.6 is 0 Å². The third kappa shape index (κ3) is 5.17. The van der Waals surface area contributed by atoms with Crippen LogP contribution in [0.3, 0.4) is 0 Å². The highest BCUT2D eigenvalue weighted by Crippen LogP contribution is 2.18. The Bertz CT molecular complexity index is 298. The molecular weight excluding hydrogens is 198 g/mol. The lowest BCUT2D eigenvalue weighted by Crippen LogP contribution is -2.22. The minimum absolute atomic E-state index is 0.117. The first-order valence-electron chi connectivity index (χ1n) is 5.94. The van der Waals surface area contributed by atoms with Crippen LogP contribution in [0.1, 0.15) is 32.8 Å². The number of hydrogen-bond donors (Lipinski definition) is 1. The molecule has 2 heteroatoms. The molecule has 0 aliphatic carbocycles. The molecule has 0 saturated heterocycles. The second-order valence-electron chi connectivity index (χ2n) is 5.07. The summed E-state index contributed by atoms with van der Waals surface area (Å²) in [4.78, 5) is 0. The van der Waals surface area contributed by atoms with E-state index in [9.17, 15) is 0 Å². The van der Waals surface area contributed by atoms with Crippen molar-refractivity contribution in [2.24, 2.45) is 0 Å². The van der Waals surface area contributed by atoms with Crippen molar-refractivity contribution in [3.63, 3.8) is 0 Å². The lowest BCUT2D eigenvalue weighted by Gasteiger charge is -2.21. The Morgan fingerprint density at radius 2 is 1.75 bits per heavy atom. The van der Waals surface area contributed by atoms with Crippen LogP contribution in [-0.4, -0.2) is 19.2 Å². The fourth-order valence-electron chi connectivity index (χ4n) is 1.55. The van der Waals surface area contributed by atoms with E-state index in [0.29, 0.717) is 0 Å². The minimum Gasteiger partial charge on any atom is -0.488 e. The van der Waals surface area contributed by atoms with Gasteiger partial charge in [0.15, 0.2) is 0 Å². The lowest BCUT2D eigenvalue weighted by atomic mass is 10.1. The van der Waals surface area contributed by atoms with Crippen LogP contribution in [0.15, 0.2) is 24.3 Å². The fourth-order valence-corrected chi connectivity index (χ4v) is 1.55. The van der Waals surface area contributed by atoms with E-state index in [1.807, 2.05) is 7.05 Å². The van der Waals surface area contributed by atoms with Gasteiger partial charge in [0.05, 0.1) is 0 Å². The van der Waals surface area contributed by atoms with Gasteiger partial charge in [0.2, 0.25) is 0 Å². The predicted octanol–water partition coefficient (Wildman–Crippen LogP) is 3.02. The Morgan fingerprint density at radius 3 is 2.25 bits per heavy atom. The van der Waals surface area contributed by atoms with E-state index in [0.717, 1.165) is 18.7 Å². The molecule has 0 atom stereocenters. The predicted molar refractivity (Wildman–Crippen MR) is 69.1 cm³/mol. The topological polar surface area (TPSA) is 21.3 Å². The van der Waals surface area contributed by atoms with Crippen LogP contribution in [0.2, 0.25) is 0 Å². The number of hydrogen-bond acceptors (Lipinski definition) is 2. The van der Waals surface area contributed by atoms with Crippen LogP contribution in [0.4, 0.5) is 0 Å². The molecule has 0 unspecified atom stereocenters. The fraction of sp³-hybridized carbons (Fsp3) is 0.571. The minimum atomic E-state index is -0.117. The van der Waals surface area contributed by atoms with Crippen LogP contribution in [0.25, 0.3) is 0 Å². The van der Waals surface area contributed by atoms with E-state index in [4.69, 9.17) is 4.74 Å². The first-order valence-corrected chi connectivity index (χ1v) is 5.94. The van der Waals surface area contributed by atoms with Crippen LogP contribution < -0.4 is 10.1 Å². The van der Waals surface area contributed by atoms with Gasteiger partial charge in [-0.05, 0) is 64.9 Å². The second kappa shape index (κ2) is 5.90. The summed E-state index contributed by atoms with van der Waals surface area (Å²) < 4.78 is 5.77. The largest absolute Gasteiger partial charge is 0.488 e. The highest BCUT2D eigenvalue weighted by molar-refractivity contribution is 5.27. The highest BCUT2D eigenvalue weighted by atomic mass is 16.5. The number of nitrogens with one attached hydrogen (secondary N) is 1. The molecule has 0 saturated carbocycles. The zero-order chi connectivity index (χ0) is 12.0. The first-order chi connectivity index (χ1) is 7.51. The van der Waals surface area contributed by atoms with Gasteiger partial charge >= 0.3 is 0 Å². The first kappa shape index (κ1) is 13.0. The Kier molecular flexibility index (Phi) is 4.81. The molecule has 1 aromatic carbocycles. The third-order valence-electron chi connectivity index (χ3n) is 2.24. The molecule has 0 aliphatic heterocycles. The Morgan fingerprint density at radius 1 is 1.12 bits per heavy atom. The SMILES string of the molecule is CNCCCc1ccc(OC(C)(C)C)cc1. The lowest BCUT2D eigenvalue weighted by molar-refractivity contribution is 0.131. The highest BCUT2D eigenvalue weighted by Gasteiger charge is 2.11. The monoisotopic (exact) mass is 221 g/mol. The maximum absolute atomic E-state index is 5.77. The Balaban J connectivity index is 2.48. The normalized spacial score (nSPS) is 11.5. The molecule has 16 heavy (non-hydrogen) atoms. The molecule has 0 bridgehead atoms. The third-order valence-corrected chi connectivity index (χ3v) is 2.24. The van der Waals surface area contributed by atoms with Crippen molar-refractivity contribution in [3.05, 3.63) is 29.8 Å². The van der Waals surface area contributed by atoms with Crippen molar-refractivity contribution in [2.75, 3.05) is 13.6 Å². The van der Waals surface area contributed by atoms with E-state index in [1.165, 1.54) is 12.0 Å². The van der Waals surface area contributed by atoms with Crippen LogP contribution in [0.5, 0.6) is 5.75 Å². The summed E-state index contributed by atoms with van der Waals surface area (Å²) in [5, 5.41) is 3.16.